The number of rotatable bonds is 1. The van der Waals surface area contributed by atoms with Crippen LogP contribution < -0.4 is 0 Å². The van der Waals surface area contributed by atoms with Gasteiger partial charge in [0.05, 0.1) is 4.91 Å². The van der Waals surface area contributed by atoms with Gasteiger partial charge in [-0.25, -0.2) is 0 Å². The molecule has 5 nitrogen and oxygen atoms in total. The van der Waals surface area contributed by atoms with Crippen LogP contribution in [0.3, 0.4) is 0 Å². The largest absolute Gasteiger partial charge is 0.508 e. The van der Waals surface area contributed by atoms with E-state index in [1.165, 1.54) is 31.1 Å². The second-order valence-corrected chi connectivity index (χ2v) is 7.19. The third-order valence-corrected chi connectivity index (χ3v) is 5.68. The van der Waals surface area contributed by atoms with Crippen LogP contribution in [0.1, 0.15) is 18.4 Å². The second kappa shape index (κ2) is 6.02. The number of phenolic OH excluding ortho intramolecular Hbond substituents is 1. The summed E-state index contributed by atoms with van der Waals surface area (Å²) in [5.74, 6) is 0.0236. The normalized spacial score (nSPS) is 26.7. The number of piperazine rings is 1. The number of amidine groups is 1. The second-order valence-electron chi connectivity index (χ2n) is 6.18. The highest BCUT2D eigenvalue weighted by Gasteiger charge is 2.34. The van der Waals surface area contributed by atoms with Crippen LogP contribution in [0.4, 0.5) is 0 Å². The van der Waals surface area contributed by atoms with E-state index in [1.807, 2.05) is 6.07 Å². The molecule has 0 aromatic heterocycles. The summed E-state index contributed by atoms with van der Waals surface area (Å²) in [6.45, 7) is 4.18. The van der Waals surface area contributed by atoms with Crippen molar-refractivity contribution in [2.24, 2.45) is 4.99 Å². The molecule has 3 heterocycles. The Hall–Kier alpha value is -1.79. The van der Waals surface area contributed by atoms with Gasteiger partial charge in [-0.05, 0) is 54.9 Å². The Balaban J connectivity index is 1.48. The Labute approximate surface area is 139 Å². The molecule has 23 heavy (non-hydrogen) atoms. The number of carbonyl (C=O) groups is 1. The van der Waals surface area contributed by atoms with Gasteiger partial charge in [0.1, 0.15) is 5.75 Å². The molecular weight excluding hydrogens is 310 g/mol. The highest BCUT2D eigenvalue weighted by atomic mass is 32.2. The van der Waals surface area contributed by atoms with Gasteiger partial charge in [-0.15, -0.1) is 0 Å². The standard InChI is InChI=1S/C17H19N3O2S/c21-14-5-1-3-12(9-14)10-15-16(22)18-17(23-15)20-8-7-19-6-2-4-13(19)11-20/h1,3,5,9-10,13,21H,2,4,6-8,11H2. The van der Waals surface area contributed by atoms with E-state index in [0.29, 0.717) is 10.9 Å². The molecule has 0 radical (unpaired) electrons. The summed E-state index contributed by atoms with van der Waals surface area (Å²) in [7, 11) is 0. The predicted octanol–water partition coefficient (Wildman–Crippen LogP) is 2.14. The van der Waals surface area contributed by atoms with Crippen molar-refractivity contribution in [2.45, 2.75) is 18.9 Å². The first-order valence-corrected chi connectivity index (χ1v) is 8.81. The first-order valence-electron chi connectivity index (χ1n) is 8.00. The minimum atomic E-state index is -0.179. The van der Waals surface area contributed by atoms with Crippen molar-refractivity contribution in [3.63, 3.8) is 0 Å². The fourth-order valence-electron chi connectivity index (χ4n) is 3.46. The van der Waals surface area contributed by atoms with E-state index in [0.717, 1.165) is 30.4 Å². The maximum Gasteiger partial charge on any atom is 0.286 e. The van der Waals surface area contributed by atoms with Crippen molar-refractivity contribution in [2.75, 3.05) is 26.2 Å². The minimum absolute atomic E-state index is 0.179. The predicted molar refractivity (Wildman–Crippen MR) is 92.3 cm³/mol. The summed E-state index contributed by atoms with van der Waals surface area (Å²) in [5, 5.41) is 10.4. The van der Waals surface area contributed by atoms with Crippen molar-refractivity contribution in [1.29, 1.82) is 0 Å². The van der Waals surface area contributed by atoms with Gasteiger partial charge in [0.15, 0.2) is 5.17 Å². The number of phenols is 1. The summed E-state index contributed by atoms with van der Waals surface area (Å²) in [5.41, 5.74) is 0.818. The van der Waals surface area contributed by atoms with Crippen LogP contribution in [0.25, 0.3) is 6.08 Å². The number of carbonyl (C=O) groups excluding carboxylic acids is 1. The molecule has 3 aliphatic rings. The number of aromatic hydroxyl groups is 1. The molecule has 4 rings (SSSR count). The molecule has 2 fully saturated rings. The van der Waals surface area contributed by atoms with Crippen LogP contribution in [-0.4, -0.2) is 58.2 Å². The summed E-state index contributed by atoms with van der Waals surface area (Å²) in [6.07, 6.45) is 4.32. The smallest absolute Gasteiger partial charge is 0.286 e. The fraction of sp³-hybridized carbons (Fsp3) is 0.412. The van der Waals surface area contributed by atoms with Gasteiger partial charge in [0, 0.05) is 25.7 Å². The van der Waals surface area contributed by atoms with Crippen LogP contribution in [0.2, 0.25) is 0 Å². The molecule has 1 N–H and O–H groups in total. The van der Waals surface area contributed by atoms with Gasteiger partial charge in [-0.1, -0.05) is 12.1 Å². The van der Waals surface area contributed by atoms with Gasteiger partial charge in [-0.2, -0.15) is 4.99 Å². The summed E-state index contributed by atoms with van der Waals surface area (Å²) in [6, 6.07) is 7.52. The number of thioether (sulfide) groups is 1. The van der Waals surface area contributed by atoms with E-state index >= 15 is 0 Å². The Kier molecular flexibility index (Phi) is 3.87. The quantitative estimate of drug-likeness (QED) is 0.800. The topological polar surface area (TPSA) is 56.1 Å². The third-order valence-electron chi connectivity index (χ3n) is 4.64. The lowest BCUT2D eigenvalue weighted by Gasteiger charge is -2.38. The minimum Gasteiger partial charge on any atom is -0.508 e. The number of hydrogen-bond acceptors (Lipinski definition) is 5. The highest BCUT2D eigenvalue weighted by molar-refractivity contribution is 8.18. The first-order chi connectivity index (χ1) is 11.2. The molecule has 1 unspecified atom stereocenters. The van der Waals surface area contributed by atoms with E-state index in [2.05, 4.69) is 14.8 Å². The van der Waals surface area contributed by atoms with Crippen LogP contribution in [0, 0.1) is 0 Å². The number of benzene rings is 1. The molecule has 2 saturated heterocycles. The number of amides is 1. The number of fused-ring (bicyclic) bond motifs is 1. The van der Waals surface area contributed by atoms with E-state index in [9.17, 15) is 9.90 Å². The van der Waals surface area contributed by atoms with Crippen molar-refractivity contribution in [3.8, 4) is 5.75 Å². The lowest BCUT2D eigenvalue weighted by Crippen LogP contribution is -2.51. The molecule has 1 amide bonds. The fourth-order valence-corrected chi connectivity index (χ4v) is 4.41. The number of nitrogens with zero attached hydrogens (tertiary/aromatic N) is 3. The Morgan fingerprint density at radius 1 is 1.30 bits per heavy atom. The Bertz CT molecular complexity index is 701. The van der Waals surface area contributed by atoms with Crippen molar-refractivity contribution in [3.05, 3.63) is 34.7 Å². The van der Waals surface area contributed by atoms with E-state index in [4.69, 9.17) is 0 Å². The lowest BCUT2D eigenvalue weighted by molar-refractivity contribution is -0.113. The summed E-state index contributed by atoms with van der Waals surface area (Å²) in [4.78, 5) is 21.8. The van der Waals surface area contributed by atoms with Gasteiger partial charge in [0.25, 0.3) is 5.91 Å². The maximum absolute atomic E-state index is 12.2. The molecule has 120 valence electrons. The van der Waals surface area contributed by atoms with Crippen LogP contribution in [0.5, 0.6) is 5.75 Å². The molecule has 3 aliphatic heterocycles. The molecule has 0 aliphatic carbocycles. The van der Waals surface area contributed by atoms with Crippen molar-refractivity contribution in [1.82, 2.24) is 9.80 Å². The van der Waals surface area contributed by atoms with Gasteiger partial charge < -0.3 is 10.0 Å². The van der Waals surface area contributed by atoms with Crippen LogP contribution in [0.15, 0.2) is 34.2 Å². The zero-order valence-electron chi connectivity index (χ0n) is 12.8. The van der Waals surface area contributed by atoms with Gasteiger partial charge in [0.2, 0.25) is 0 Å². The molecular formula is C17H19N3O2S. The van der Waals surface area contributed by atoms with E-state index in [1.54, 1.807) is 24.3 Å². The molecule has 0 bridgehead atoms. The van der Waals surface area contributed by atoms with Crippen molar-refractivity contribution >= 4 is 28.9 Å². The first kappa shape index (κ1) is 14.8. The average Bonchev–Trinajstić information content (AvgIpc) is 3.14. The molecule has 1 atom stereocenters. The highest BCUT2D eigenvalue weighted by Crippen LogP contribution is 2.32. The zero-order chi connectivity index (χ0) is 15.8. The molecule has 6 heteroatoms. The Morgan fingerprint density at radius 3 is 3.09 bits per heavy atom. The number of hydrogen-bond donors (Lipinski definition) is 1. The Morgan fingerprint density at radius 2 is 2.22 bits per heavy atom. The van der Waals surface area contributed by atoms with Gasteiger partial charge in [-0.3, -0.25) is 9.69 Å². The molecule has 1 aromatic rings. The van der Waals surface area contributed by atoms with Gasteiger partial charge >= 0.3 is 0 Å². The van der Waals surface area contributed by atoms with E-state index < -0.39 is 0 Å². The van der Waals surface area contributed by atoms with Crippen LogP contribution in [-0.2, 0) is 4.79 Å². The average molecular weight is 329 g/mol. The SMILES string of the molecule is O=C1N=C(N2CCN3CCCC3C2)SC1=Cc1cccc(O)c1. The zero-order valence-corrected chi connectivity index (χ0v) is 13.6. The monoisotopic (exact) mass is 329 g/mol. The molecule has 1 aromatic carbocycles. The number of aliphatic imine (C=N–C) groups is 1. The van der Waals surface area contributed by atoms with Crippen LogP contribution >= 0.6 is 11.8 Å². The van der Waals surface area contributed by atoms with Crippen molar-refractivity contribution < 1.29 is 9.90 Å². The summed E-state index contributed by atoms with van der Waals surface area (Å²) < 4.78 is 0. The lowest BCUT2D eigenvalue weighted by atomic mass is 10.2. The maximum atomic E-state index is 12.2. The summed E-state index contributed by atoms with van der Waals surface area (Å²) >= 11 is 1.45. The molecule has 0 spiro atoms. The van der Waals surface area contributed by atoms with E-state index in [-0.39, 0.29) is 11.7 Å². The third kappa shape index (κ3) is 3.01. The molecule has 0 saturated carbocycles.